The Morgan fingerprint density at radius 1 is 1.50 bits per heavy atom. The van der Waals surface area contributed by atoms with Gasteiger partial charge in [-0.15, -0.1) is 0 Å². The number of aliphatic hydroxyl groups excluding tert-OH is 1. The molecule has 12 heavy (non-hydrogen) atoms. The van der Waals surface area contributed by atoms with Crippen molar-refractivity contribution in [2.75, 3.05) is 0 Å². The Labute approximate surface area is 80.5 Å². The highest BCUT2D eigenvalue weighted by Crippen LogP contribution is 2.18. The molecule has 0 spiro atoms. The van der Waals surface area contributed by atoms with Gasteiger partial charge in [-0.2, -0.15) is 0 Å². The van der Waals surface area contributed by atoms with Crippen molar-refractivity contribution in [3.05, 3.63) is 34.3 Å². The van der Waals surface area contributed by atoms with Gasteiger partial charge in [0, 0.05) is 4.47 Å². The van der Waals surface area contributed by atoms with Gasteiger partial charge in [0.1, 0.15) is 0 Å². The molecule has 0 fully saturated rings. The molecule has 0 bridgehead atoms. The summed E-state index contributed by atoms with van der Waals surface area (Å²) in [7, 11) is 0. The predicted octanol–water partition coefficient (Wildman–Crippen LogP) is 1.83. The fraction of sp³-hybridized carbons (Fsp3) is 0.333. The topological polar surface area (TPSA) is 46.2 Å². The zero-order chi connectivity index (χ0) is 9.14. The number of hydrogen-bond acceptors (Lipinski definition) is 2. The molecule has 0 aliphatic rings. The summed E-state index contributed by atoms with van der Waals surface area (Å²) in [5, 5.41) is 9.22. The van der Waals surface area contributed by atoms with Crippen LogP contribution in [0.5, 0.6) is 0 Å². The summed E-state index contributed by atoms with van der Waals surface area (Å²) >= 11 is 3.34. The van der Waals surface area contributed by atoms with Crippen molar-refractivity contribution < 1.29 is 5.11 Å². The quantitative estimate of drug-likeness (QED) is 0.814. The second-order valence-corrected chi connectivity index (χ2v) is 3.74. The van der Waals surface area contributed by atoms with E-state index in [2.05, 4.69) is 15.9 Å². The van der Waals surface area contributed by atoms with E-state index in [1.165, 1.54) is 0 Å². The van der Waals surface area contributed by atoms with E-state index in [4.69, 9.17) is 5.73 Å². The maximum absolute atomic E-state index is 9.22. The molecular formula is C9H12BrNO. The highest BCUT2D eigenvalue weighted by atomic mass is 79.9. The number of halogens is 1. The zero-order valence-corrected chi connectivity index (χ0v) is 8.45. The number of aliphatic hydroxyl groups is 1. The standard InChI is InChI=1S/C9H12BrNO/c1-6(12)9(11)7-3-2-4-8(10)5-7/h2-6,9,12H,11H2,1H3/t6-,9-/m1/s1. The molecule has 0 radical (unpaired) electrons. The first-order valence-electron chi connectivity index (χ1n) is 3.80. The van der Waals surface area contributed by atoms with Gasteiger partial charge in [-0.05, 0) is 24.6 Å². The fourth-order valence-corrected chi connectivity index (χ4v) is 1.41. The van der Waals surface area contributed by atoms with Crippen LogP contribution in [0.3, 0.4) is 0 Å². The average molecular weight is 230 g/mol. The van der Waals surface area contributed by atoms with Crippen LogP contribution in [-0.2, 0) is 0 Å². The van der Waals surface area contributed by atoms with Crippen molar-refractivity contribution in [1.29, 1.82) is 0 Å². The molecule has 0 saturated carbocycles. The van der Waals surface area contributed by atoms with Crippen LogP contribution in [0, 0.1) is 0 Å². The van der Waals surface area contributed by atoms with E-state index in [-0.39, 0.29) is 6.04 Å². The SMILES string of the molecule is C[C@@H](O)[C@@H](N)c1cccc(Br)c1. The Morgan fingerprint density at radius 2 is 2.17 bits per heavy atom. The average Bonchev–Trinajstić information content (AvgIpc) is 2.03. The molecule has 1 rings (SSSR count). The number of rotatable bonds is 2. The van der Waals surface area contributed by atoms with Crippen molar-refractivity contribution >= 4 is 15.9 Å². The van der Waals surface area contributed by atoms with Crippen LogP contribution in [-0.4, -0.2) is 11.2 Å². The Morgan fingerprint density at radius 3 is 2.67 bits per heavy atom. The molecule has 0 heterocycles. The van der Waals surface area contributed by atoms with Gasteiger partial charge in [0.2, 0.25) is 0 Å². The summed E-state index contributed by atoms with van der Waals surface area (Å²) < 4.78 is 0.983. The highest BCUT2D eigenvalue weighted by Gasteiger charge is 2.11. The summed E-state index contributed by atoms with van der Waals surface area (Å²) in [4.78, 5) is 0. The van der Waals surface area contributed by atoms with Crippen molar-refractivity contribution in [3.8, 4) is 0 Å². The van der Waals surface area contributed by atoms with Crippen molar-refractivity contribution in [3.63, 3.8) is 0 Å². The monoisotopic (exact) mass is 229 g/mol. The lowest BCUT2D eigenvalue weighted by atomic mass is 10.0. The van der Waals surface area contributed by atoms with Crippen molar-refractivity contribution in [2.45, 2.75) is 19.1 Å². The molecule has 2 atom stereocenters. The first-order valence-corrected chi connectivity index (χ1v) is 4.59. The van der Waals surface area contributed by atoms with E-state index in [0.29, 0.717) is 0 Å². The lowest BCUT2D eigenvalue weighted by Gasteiger charge is -2.14. The number of nitrogens with two attached hydrogens (primary N) is 1. The normalized spacial score (nSPS) is 15.7. The van der Waals surface area contributed by atoms with E-state index >= 15 is 0 Å². The molecular weight excluding hydrogens is 218 g/mol. The van der Waals surface area contributed by atoms with E-state index in [0.717, 1.165) is 10.0 Å². The molecule has 0 unspecified atom stereocenters. The first-order chi connectivity index (χ1) is 5.61. The van der Waals surface area contributed by atoms with E-state index in [1.54, 1.807) is 6.92 Å². The molecule has 0 saturated heterocycles. The largest absolute Gasteiger partial charge is 0.391 e. The van der Waals surface area contributed by atoms with Gasteiger partial charge in [0.15, 0.2) is 0 Å². The molecule has 0 aromatic heterocycles. The van der Waals surface area contributed by atoms with Gasteiger partial charge < -0.3 is 10.8 Å². The maximum atomic E-state index is 9.22. The van der Waals surface area contributed by atoms with E-state index < -0.39 is 6.10 Å². The zero-order valence-electron chi connectivity index (χ0n) is 6.87. The predicted molar refractivity (Wildman–Crippen MR) is 52.8 cm³/mol. The lowest BCUT2D eigenvalue weighted by molar-refractivity contribution is 0.164. The maximum Gasteiger partial charge on any atom is 0.0704 e. The molecule has 0 aliphatic carbocycles. The second-order valence-electron chi connectivity index (χ2n) is 2.82. The Balaban J connectivity index is 2.88. The van der Waals surface area contributed by atoms with Gasteiger partial charge in [-0.1, -0.05) is 28.1 Å². The third-order valence-electron chi connectivity index (χ3n) is 1.75. The minimum absolute atomic E-state index is 0.303. The Bertz CT molecular complexity index is 262. The molecule has 0 amide bonds. The van der Waals surface area contributed by atoms with Gasteiger partial charge in [0.05, 0.1) is 12.1 Å². The molecule has 3 N–H and O–H groups in total. The highest BCUT2D eigenvalue weighted by molar-refractivity contribution is 9.10. The fourth-order valence-electron chi connectivity index (χ4n) is 0.992. The summed E-state index contributed by atoms with van der Waals surface area (Å²) in [6.45, 7) is 1.69. The van der Waals surface area contributed by atoms with Gasteiger partial charge >= 0.3 is 0 Å². The van der Waals surface area contributed by atoms with Gasteiger partial charge in [-0.3, -0.25) is 0 Å². The summed E-state index contributed by atoms with van der Waals surface area (Å²) in [6, 6.07) is 7.35. The Kier molecular flexibility index (Phi) is 3.26. The smallest absolute Gasteiger partial charge is 0.0704 e. The first kappa shape index (κ1) is 9.71. The van der Waals surface area contributed by atoms with Crippen LogP contribution in [0.15, 0.2) is 28.7 Å². The number of benzene rings is 1. The Hall–Kier alpha value is -0.380. The van der Waals surface area contributed by atoms with Crippen LogP contribution >= 0.6 is 15.9 Å². The molecule has 0 aliphatic heterocycles. The summed E-state index contributed by atoms with van der Waals surface area (Å²) in [5.41, 5.74) is 6.68. The minimum Gasteiger partial charge on any atom is -0.391 e. The lowest BCUT2D eigenvalue weighted by Crippen LogP contribution is -2.22. The van der Waals surface area contributed by atoms with Gasteiger partial charge in [-0.25, -0.2) is 0 Å². The van der Waals surface area contributed by atoms with Crippen LogP contribution in [0.1, 0.15) is 18.5 Å². The molecule has 66 valence electrons. The van der Waals surface area contributed by atoms with Crippen LogP contribution in [0.2, 0.25) is 0 Å². The summed E-state index contributed by atoms with van der Waals surface area (Å²) in [5.74, 6) is 0. The van der Waals surface area contributed by atoms with Gasteiger partial charge in [0.25, 0.3) is 0 Å². The van der Waals surface area contributed by atoms with Crippen LogP contribution in [0.4, 0.5) is 0 Å². The van der Waals surface area contributed by atoms with E-state index in [1.807, 2.05) is 24.3 Å². The molecule has 1 aromatic carbocycles. The number of hydrogen-bond donors (Lipinski definition) is 2. The second kappa shape index (κ2) is 4.03. The molecule has 2 nitrogen and oxygen atoms in total. The van der Waals surface area contributed by atoms with Crippen LogP contribution in [0.25, 0.3) is 0 Å². The minimum atomic E-state index is -0.515. The van der Waals surface area contributed by atoms with Crippen molar-refractivity contribution in [1.82, 2.24) is 0 Å². The summed E-state index contributed by atoms with van der Waals surface area (Å²) in [6.07, 6.45) is -0.515. The third kappa shape index (κ3) is 2.30. The van der Waals surface area contributed by atoms with Crippen LogP contribution < -0.4 is 5.73 Å². The van der Waals surface area contributed by atoms with E-state index in [9.17, 15) is 5.11 Å². The van der Waals surface area contributed by atoms with Crippen molar-refractivity contribution in [2.24, 2.45) is 5.73 Å². The molecule has 1 aromatic rings. The third-order valence-corrected chi connectivity index (χ3v) is 2.25. The molecule has 3 heteroatoms.